The number of aromatic nitrogens is 2. The minimum Gasteiger partial charge on any atom is -0.481 e. The molecule has 2 heterocycles. The second-order valence-electron chi connectivity index (χ2n) is 7.28. The van der Waals surface area contributed by atoms with Crippen molar-refractivity contribution in [3.8, 4) is 5.88 Å². The average Bonchev–Trinajstić information content (AvgIpc) is 2.79. The van der Waals surface area contributed by atoms with Crippen LogP contribution in [0.1, 0.15) is 5.56 Å². The average molecular weight is 539 g/mol. The highest BCUT2D eigenvalue weighted by Crippen LogP contribution is 2.26. The molecule has 16 heteroatoms. The monoisotopic (exact) mass is 538 g/mol. The number of rotatable bonds is 9. The van der Waals surface area contributed by atoms with E-state index < -0.39 is 32.1 Å². The largest absolute Gasteiger partial charge is 0.481 e. The van der Waals surface area contributed by atoms with Crippen LogP contribution in [0.25, 0.3) is 0 Å². The first-order valence-electron chi connectivity index (χ1n) is 9.88. The van der Waals surface area contributed by atoms with Crippen molar-refractivity contribution in [2.24, 2.45) is 0 Å². The number of anilines is 1. The van der Waals surface area contributed by atoms with Gasteiger partial charge in [-0.2, -0.15) is 34.7 Å². The smallest absolute Gasteiger partial charge is 0.302 e. The van der Waals surface area contributed by atoms with Crippen LogP contribution in [0.4, 0.5) is 14.6 Å². The van der Waals surface area contributed by atoms with Crippen molar-refractivity contribution >= 4 is 38.0 Å². The summed E-state index contributed by atoms with van der Waals surface area (Å²) in [6, 6.07) is 5.08. The second-order valence-corrected chi connectivity index (χ2v) is 12.0. The first kappa shape index (κ1) is 26.5. The van der Waals surface area contributed by atoms with Crippen LogP contribution in [-0.2, 0) is 26.2 Å². The third kappa shape index (κ3) is 6.11. The van der Waals surface area contributed by atoms with Crippen LogP contribution >= 0.6 is 11.8 Å². The van der Waals surface area contributed by atoms with Gasteiger partial charge in [0.15, 0.2) is 16.8 Å². The van der Waals surface area contributed by atoms with Gasteiger partial charge in [-0.1, -0.05) is 23.9 Å². The molecule has 1 N–H and O–H groups in total. The molecule has 11 nitrogen and oxygen atoms in total. The maximum Gasteiger partial charge on any atom is 0.302 e. The van der Waals surface area contributed by atoms with E-state index in [1.807, 2.05) is 0 Å². The molecular formula is C18H24F2N6O5S3. The molecule has 0 unspecified atom stereocenters. The normalized spacial score (nSPS) is 16.1. The van der Waals surface area contributed by atoms with Crippen LogP contribution in [0.15, 0.2) is 29.4 Å². The van der Waals surface area contributed by atoms with Gasteiger partial charge in [-0.05, 0) is 6.07 Å². The van der Waals surface area contributed by atoms with Crippen molar-refractivity contribution in [1.82, 2.24) is 22.9 Å². The van der Waals surface area contributed by atoms with Gasteiger partial charge in [0.1, 0.15) is 5.82 Å². The molecule has 0 spiro atoms. The minimum atomic E-state index is -4.06. The first-order chi connectivity index (χ1) is 15.9. The van der Waals surface area contributed by atoms with Crippen LogP contribution in [0.5, 0.6) is 5.88 Å². The number of thioether (sulfide) groups is 1. The molecule has 188 valence electrons. The maximum atomic E-state index is 13.9. The van der Waals surface area contributed by atoms with Crippen molar-refractivity contribution in [1.29, 1.82) is 0 Å². The Kier molecular flexibility index (Phi) is 8.30. The predicted molar refractivity (Wildman–Crippen MR) is 123 cm³/mol. The molecule has 1 aliphatic rings. The standard InChI is InChI=1S/C18H24F2N6O5S3/c1-24(2)34(29,30)26-9-7-25(8-10-26)33(27,28)23-15-11-16(31-3)22-18(21-15)32-12-13-5-4-6-14(19)17(13)20/h4-6,11H,7-10,12H2,1-3H3,(H,21,22,23). The quantitative estimate of drug-likeness (QED) is 0.372. The summed E-state index contributed by atoms with van der Waals surface area (Å²) in [7, 11) is -3.56. The molecule has 2 aromatic rings. The Morgan fingerprint density at radius 3 is 2.35 bits per heavy atom. The second kappa shape index (κ2) is 10.7. The number of nitrogens with one attached hydrogen (secondary N) is 1. The van der Waals surface area contributed by atoms with E-state index in [4.69, 9.17) is 4.74 Å². The highest BCUT2D eigenvalue weighted by atomic mass is 32.2. The molecule has 1 saturated heterocycles. The van der Waals surface area contributed by atoms with Gasteiger partial charge < -0.3 is 4.74 Å². The Morgan fingerprint density at radius 2 is 1.74 bits per heavy atom. The Morgan fingerprint density at radius 1 is 1.09 bits per heavy atom. The lowest BCUT2D eigenvalue weighted by Gasteiger charge is -2.34. The predicted octanol–water partition coefficient (Wildman–Crippen LogP) is 1.14. The molecule has 1 aromatic heterocycles. The number of hydrogen-bond acceptors (Lipinski definition) is 8. The molecule has 0 radical (unpaired) electrons. The Hall–Kier alpha value is -2.11. The lowest BCUT2D eigenvalue weighted by atomic mass is 10.2. The van der Waals surface area contributed by atoms with Gasteiger partial charge in [0.05, 0.1) is 7.11 Å². The van der Waals surface area contributed by atoms with E-state index in [-0.39, 0.29) is 54.3 Å². The fraction of sp³-hybridized carbons (Fsp3) is 0.444. The summed E-state index contributed by atoms with van der Waals surface area (Å²) >= 11 is 0.972. The van der Waals surface area contributed by atoms with E-state index in [2.05, 4.69) is 14.7 Å². The number of benzene rings is 1. The lowest BCUT2D eigenvalue weighted by molar-refractivity contribution is 0.263. The topological polar surface area (TPSA) is 125 Å². The van der Waals surface area contributed by atoms with Crippen LogP contribution < -0.4 is 9.46 Å². The summed E-state index contributed by atoms with van der Waals surface area (Å²) < 4.78 is 88.3. The van der Waals surface area contributed by atoms with Crippen LogP contribution in [0.3, 0.4) is 0 Å². The summed E-state index contributed by atoms with van der Waals surface area (Å²) in [5.74, 6) is -1.97. The van der Waals surface area contributed by atoms with E-state index in [9.17, 15) is 25.6 Å². The number of methoxy groups -OCH3 is 1. The number of nitrogens with zero attached hydrogens (tertiary/aromatic N) is 5. The van der Waals surface area contributed by atoms with E-state index in [0.717, 1.165) is 26.4 Å². The molecule has 0 aliphatic carbocycles. The van der Waals surface area contributed by atoms with Gasteiger partial charge in [-0.3, -0.25) is 4.72 Å². The molecule has 3 rings (SSSR count). The molecule has 1 fully saturated rings. The van der Waals surface area contributed by atoms with E-state index in [1.165, 1.54) is 43.7 Å². The van der Waals surface area contributed by atoms with Crippen molar-refractivity contribution in [3.05, 3.63) is 41.5 Å². The number of ether oxygens (including phenoxy) is 1. The Bertz CT molecular complexity index is 1240. The van der Waals surface area contributed by atoms with Crippen LogP contribution in [0, 0.1) is 11.6 Å². The van der Waals surface area contributed by atoms with Crippen LogP contribution in [0.2, 0.25) is 0 Å². The van der Waals surface area contributed by atoms with Crippen molar-refractivity contribution in [3.63, 3.8) is 0 Å². The molecule has 1 aromatic carbocycles. The zero-order valence-corrected chi connectivity index (χ0v) is 21.1. The Balaban J connectivity index is 1.71. The molecule has 0 atom stereocenters. The molecule has 0 bridgehead atoms. The van der Waals surface area contributed by atoms with E-state index in [0.29, 0.717) is 0 Å². The Labute approximate surface area is 201 Å². The summed E-state index contributed by atoms with van der Waals surface area (Å²) in [6.07, 6.45) is 0. The highest BCUT2D eigenvalue weighted by Gasteiger charge is 2.33. The van der Waals surface area contributed by atoms with Gasteiger partial charge in [-0.15, -0.1) is 0 Å². The zero-order chi connectivity index (χ0) is 25.1. The molecule has 0 amide bonds. The maximum absolute atomic E-state index is 13.9. The summed E-state index contributed by atoms with van der Waals surface area (Å²) in [6.45, 7) is -0.111. The first-order valence-corrected chi connectivity index (χ1v) is 13.7. The highest BCUT2D eigenvalue weighted by molar-refractivity contribution is 7.98. The number of halogens is 2. The number of piperazine rings is 1. The van der Waals surface area contributed by atoms with Gasteiger partial charge in [0, 0.05) is 57.7 Å². The van der Waals surface area contributed by atoms with Crippen molar-refractivity contribution in [2.75, 3.05) is 52.1 Å². The van der Waals surface area contributed by atoms with Crippen molar-refractivity contribution in [2.45, 2.75) is 10.9 Å². The molecule has 1 aliphatic heterocycles. The van der Waals surface area contributed by atoms with Gasteiger partial charge in [0.25, 0.3) is 10.2 Å². The third-order valence-corrected chi connectivity index (χ3v) is 9.19. The van der Waals surface area contributed by atoms with Crippen molar-refractivity contribution < 1.29 is 30.4 Å². The SMILES string of the molecule is COc1cc(NS(=O)(=O)N2CCN(S(=O)(=O)N(C)C)CC2)nc(SCc2cccc(F)c2F)n1. The molecular weight excluding hydrogens is 514 g/mol. The minimum absolute atomic E-state index is 0.00514. The molecule has 34 heavy (non-hydrogen) atoms. The summed E-state index contributed by atoms with van der Waals surface area (Å²) in [5.41, 5.74) is 0.101. The lowest BCUT2D eigenvalue weighted by Crippen LogP contribution is -2.53. The third-order valence-electron chi connectivity index (χ3n) is 4.84. The van der Waals surface area contributed by atoms with E-state index in [1.54, 1.807) is 0 Å². The fourth-order valence-corrected chi connectivity index (χ4v) is 6.05. The number of hydrogen-bond donors (Lipinski definition) is 1. The zero-order valence-electron chi connectivity index (χ0n) is 18.6. The van der Waals surface area contributed by atoms with Gasteiger partial charge >= 0.3 is 10.2 Å². The summed E-state index contributed by atoms with van der Waals surface area (Å²) in [5, 5.41) is 0.0857. The van der Waals surface area contributed by atoms with Gasteiger partial charge in [-0.25, -0.2) is 13.8 Å². The van der Waals surface area contributed by atoms with Gasteiger partial charge in [0.2, 0.25) is 5.88 Å². The fourth-order valence-electron chi connectivity index (χ4n) is 3.00. The molecule has 0 saturated carbocycles. The van der Waals surface area contributed by atoms with Crippen LogP contribution in [-0.4, -0.2) is 87.1 Å². The summed E-state index contributed by atoms with van der Waals surface area (Å²) in [4.78, 5) is 8.23. The van der Waals surface area contributed by atoms with E-state index >= 15 is 0 Å².